The zero-order valence-corrected chi connectivity index (χ0v) is 33.6. The van der Waals surface area contributed by atoms with E-state index in [0.717, 1.165) is 58.4 Å². The van der Waals surface area contributed by atoms with Crippen molar-refractivity contribution >= 4 is 73.3 Å². The van der Waals surface area contributed by atoms with E-state index >= 15 is 0 Å². The molecule has 3 atom stereocenters. The number of fused-ring (bicyclic) bond motifs is 9. The third kappa shape index (κ3) is 5.59. The number of aliphatic imine (C=N–C) groups is 2. The van der Waals surface area contributed by atoms with Crippen LogP contribution in [0.25, 0.3) is 39.1 Å². The van der Waals surface area contributed by atoms with Crippen molar-refractivity contribution in [3.63, 3.8) is 0 Å². The monoisotopic (exact) mass is 857 g/mol. The predicted octanol–water partition coefficient (Wildman–Crippen LogP) is 13.2. The zero-order chi connectivity index (χ0) is 38.2. The molecule has 3 unspecified atom stereocenters. The Hall–Kier alpha value is -6.44. The molecule has 3 heterocycles. The summed E-state index contributed by atoms with van der Waals surface area (Å²) in [6.07, 6.45) is 19.2. The van der Waals surface area contributed by atoms with Crippen LogP contribution >= 0.6 is 20.7 Å². The highest BCUT2D eigenvalue weighted by molar-refractivity contribution is 14.2. The van der Waals surface area contributed by atoms with Crippen molar-refractivity contribution < 1.29 is 4.42 Å². The highest BCUT2D eigenvalue weighted by Gasteiger charge is 2.41. The first-order chi connectivity index (χ1) is 28.7. The van der Waals surface area contributed by atoms with Crippen LogP contribution in [0.1, 0.15) is 40.2 Å². The van der Waals surface area contributed by atoms with Crippen LogP contribution in [0, 0.1) is 5.92 Å². The standard InChI is InChI=1S/C53H36IN3O/c1-3-11-33(12-4-1)38-23-27-46-45(30-38)50-42-18-10-9-14-35(42)22-28-47(50)57(46)41-24-26-44-43-25-21-40(31-48(43)58-49(44)32-41)52-54-51(55-53(56-52)36-15-5-2-6-16-36)39-20-19-34-13-7-8-17-37(34)29-39/h1-18,20-32,34,47,50H,19H2. The second kappa shape index (κ2) is 13.6. The summed E-state index contributed by atoms with van der Waals surface area (Å²) < 4.78 is 9.06. The molecule has 0 spiro atoms. The maximum atomic E-state index is 6.80. The fourth-order valence-corrected chi connectivity index (χ4v) is 11.8. The molecular formula is C53H36IN3O. The molecule has 3 aliphatic carbocycles. The Labute approximate surface area is 347 Å². The third-order valence-electron chi connectivity index (χ3n) is 12.1. The summed E-state index contributed by atoms with van der Waals surface area (Å²) in [7, 11) is 0. The van der Waals surface area contributed by atoms with Gasteiger partial charge >= 0.3 is 0 Å². The van der Waals surface area contributed by atoms with Gasteiger partial charge in [0.25, 0.3) is 0 Å². The van der Waals surface area contributed by atoms with E-state index < -0.39 is 20.7 Å². The molecule has 4 nitrogen and oxygen atoms in total. The van der Waals surface area contributed by atoms with Crippen molar-refractivity contribution in [2.45, 2.75) is 18.4 Å². The number of allylic oxidation sites excluding steroid dienone is 8. The van der Waals surface area contributed by atoms with Crippen molar-refractivity contribution in [3.05, 3.63) is 221 Å². The van der Waals surface area contributed by atoms with E-state index in [1.54, 1.807) is 0 Å². The van der Waals surface area contributed by atoms with Gasteiger partial charge < -0.3 is 9.32 Å². The largest absolute Gasteiger partial charge is 0.456 e. The van der Waals surface area contributed by atoms with Gasteiger partial charge in [-0.05, 0) is 103 Å². The molecule has 7 aromatic rings. The van der Waals surface area contributed by atoms with Crippen LogP contribution in [-0.2, 0) is 0 Å². The Bertz CT molecular complexity index is 3100. The van der Waals surface area contributed by atoms with Crippen molar-refractivity contribution in [2.24, 2.45) is 15.9 Å². The number of hydrogen-bond acceptors (Lipinski definition) is 4. The molecule has 0 saturated carbocycles. The second-order valence-corrected chi connectivity index (χ2v) is 18.0. The number of anilines is 2. The molecule has 1 aromatic heterocycles. The van der Waals surface area contributed by atoms with Gasteiger partial charge in [0, 0.05) is 56.7 Å². The molecule has 58 heavy (non-hydrogen) atoms. The topological polar surface area (TPSA) is 41.1 Å². The first kappa shape index (κ1) is 33.7. The highest BCUT2D eigenvalue weighted by atomic mass is 127. The zero-order valence-electron chi connectivity index (χ0n) is 31.5. The molecule has 0 saturated heterocycles. The van der Waals surface area contributed by atoms with Crippen molar-refractivity contribution in [2.75, 3.05) is 4.90 Å². The summed E-state index contributed by atoms with van der Waals surface area (Å²) in [6.45, 7) is 0. The summed E-state index contributed by atoms with van der Waals surface area (Å²) in [4.78, 5) is 13.0. The molecule has 0 radical (unpaired) electrons. The van der Waals surface area contributed by atoms with Crippen LogP contribution in [0.2, 0.25) is 0 Å². The minimum atomic E-state index is -0.659. The number of benzene rings is 6. The molecule has 0 bridgehead atoms. The van der Waals surface area contributed by atoms with Crippen LogP contribution < -0.4 is 4.90 Å². The quantitative estimate of drug-likeness (QED) is 0.162. The Morgan fingerprint density at radius 2 is 1.40 bits per heavy atom. The van der Waals surface area contributed by atoms with E-state index in [1.807, 2.05) is 6.07 Å². The van der Waals surface area contributed by atoms with E-state index in [-0.39, 0.29) is 12.0 Å². The van der Waals surface area contributed by atoms with Crippen LogP contribution in [0.5, 0.6) is 0 Å². The SMILES string of the molecule is C1=CC2=CC(C3=NC(c4ccccc4)=NC(c4ccc5c(c4)oc4cc(N6c7ccc(-c8ccccc8)cc7C7c8ccccc8C=CC76)ccc45)=I3)=CCC2C=C1. The fourth-order valence-electron chi connectivity index (χ4n) is 9.28. The Morgan fingerprint density at radius 3 is 2.28 bits per heavy atom. The van der Waals surface area contributed by atoms with Crippen molar-refractivity contribution in [1.29, 1.82) is 0 Å². The maximum absolute atomic E-state index is 6.80. The van der Waals surface area contributed by atoms with Crippen molar-refractivity contribution in [1.82, 2.24) is 0 Å². The van der Waals surface area contributed by atoms with Crippen molar-refractivity contribution in [3.8, 4) is 11.1 Å². The van der Waals surface area contributed by atoms with E-state index in [2.05, 4.69) is 187 Å². The Kier molecular flexibility index (Phi) is 7.90. The molecule has 6 aromatic carbocycles. The second-order valence-electron chi connectivity index (χ2n) is 15.4. The van der Waals surface area contributed by atoms with E-state index in [0.29, 0.717) is 5.92 Å². The van der Waals surface area contributed by atoms with Crippen LogP contribution in [0.3, 0.4) is 0 Å². The lowest BCUT2D eigenvalue weighted by Crippen LogP contribution is -2.30. The molecule has 5 heteroatoms. The van der Waals surface area contributed by atoms with E-state index in [4.69, 9.17) is 14.4 Å². The number of rotatable bonds is 5. The van der Waals surface area contributed by atoms with Gasteiger partial charge in [-0.25, -0.2) is 9.98 Å². The molecule has 5 aliphatic rings. The normalized spacial score (nSPS) is 20.2. The summed E-state index contributed by atoms with van der Waals surface area (Å²) in [5, 5.41) is 2.23. The molecule has 276 valence electrons. The lowest BCUT2D eigenvalue weighted by molar-refractivity contribution is 0.668. The van der Waals surface area contributed by atoms with Gasteiger partial charge in [-0.15, -0.1) is 0 Å². The van der Waals surface area contributed by atoms with Crippen LogP contribution in [-0.4, -0.2) is 19.2 Å². The summed E-state index contributed by atoms with van der Waals surface area (Å²) in [5.41, 5.74) is 15.3. The lowest BCUT2D eigenvalue weighted by atomic mass is 9.80. The van der Waals surface area contributed by atoms with E-state index in [9.17, 15) is 0 Å². The number of hydrogen-bond donors (Lipinski definition) is 0. The molecule has 12 rings (SSSR count). The summed E-state index contributed by atoms with van der Waals surface area (Å²) in [6, 6.07) is 50.5. The number of amidine groups is 1. The minimum Gasteiger partial charge on any atom is -0.456 e. The summed E-state index contributed by atoms with van der Waals surface area (Å²) in [5.74, 6) is 1.44. The van der Waals surface area contributed by atoms with Gasteiger partial charge in [0.1, 0.15) is 18.5 Å². The number of nitrogens with zero attached hydrogens (tertiary/aromatic N) is 3. The number of halogens is 1. The molecular weight excluding hydrogens is 822 g/mol. The van der Waals surface area contributed by atoms with Crippen LogP contribution in [0.4, 0.5) is 11.4 Å². The first-order valence-electron chi connectivity index (χ1n) is 20.0. The highest BCUT2D eigenvalue weighted by Crippen LogP contribution is 2.52. The van der Waals surface area contributed by atoms with Gasteiger partial charge in [0.2, 0.25) is 0 Å². The Balaban J connectivity index is 0.939. The van der Waals surface area contributed by atoms with Gasteiger partial charge in [-0.3, -0.25) is 0 Å². The Morgan fingerprint density at radius 1 is 0.621 bits per heavy atom. The van der Waals surface area contributed by atoms with Gasteiger partial charge in [-0.2, -0.15) is 0 Å². The molecule has 0 N–H and O–H groups in total. The average molecular weight is 858 g/mol. The molecule has 0 amide bonds. The minimum absolute atomic E-state index is 0.148. The number of furan rings is 1. The summed E-state index contributed by atoms with van der Waals surface area (Å²) >= 11 is -0.659. The third-order valence-corrected chi connectivity index (χ3v) is 14.8. The van der Waals surface area contributed by atoms with Gasteiger partial charge in [0.05, 0.1) is 6.04 Å². The smallest absolute Gasteiger partial charge is 0.161 e. The van der Waals surface area contributed by atoms with Gasteiger partial charge in [0.15, 0.2) is 5.84 Å². The average Bonchev–Trinajstić information content (AvgIpc) is 3.84. The maximum Gasteiger partial charge on any atom is 0.161 e. The van der Waals surface area contributed by atoms with Crippen LogP contribution in [0.15, 0.2) is 208 Å². The molecule has 2 aliphatic heterocycles. The fraction of sp³-hybridized carbons (Fsp3) is 0.0755. The lowest BCUT2D eigenvalue weighted by Gasteiger charge is -2.31. The first-order valence-corrected chi connectivity index (χ1v) is 22.1. The predicted molar refractivity (Wildman–Crippen MR) is 250 cm³/mol. The van der Waals surface area contributed by atoms with E-state index in [1.165, 1.54) is 44.7 Å². The molecule has 0 fully saturated rings. The van der Waals surface area contributed by atoms with Gasteiger partial charge in [-0.1, -0.05) is 140 Å².